The maximum atomic E-state index is 12.9. The van der Waals surface area contributed by atoms with Crippen LogP contribution >= 0.6 is 7.60 Å². The van der Waals surface area contributed by atoms with Crippen LogP contribution in [0.1, 0.15) is 45.3 Å². The molecule has 168 valence electrons. The molecule has 9 nitrogen and oxygen atoms in total. The van der Waals surface area contributed by atoms with Gasteiger partial charge in [-0.15, -0.1) is 0 Å². The van der Waals surface area contributed by atoms with Crippen LogP contribution in [0.4, 0.5) is 10.5 Å². The molecular formula is C20H31N2O7P. The molecule has 0 aromatic heterocycles. The summed E-state index contributed by atoms with van der Waals surface area (Å²) in [5, 5.41) is 13.4. The van der Waals surface area contributed by atoms with Gasteiger partial charge in [0, 0.05) is 32.0 Å². The van der Waals surface area contributed by atoms with E-state index in [1.54, 1.807) is 45.0 Å². The first kappa shape index (κ1) is 24.3. The molecule has 1 aliphatic rings. The standard InChI is InChI=1S/C20H31N2O7P/c1-20(2,3)29-19(25)22-12-8-11-16(22)18(24)21-15-10-7-6-9-14(15)17(23)13-30(26,27-4)28-5/h6-7,9-10,16-17,23H,8,11-13H2,1-5H3,(H,21,24)/t16-,17+/m0/s1. The Kier molecular flexibility index (Phi) is 8.05. The van der Waals surface area contributed by atoms with E-state index >= 15 is 0 Å². The summed E-state index contributed by atoms with van der Waals surface area (Å²) in [7, 11) is -0.961. The van der Waals surface area contributed by atoms with Crippen molar-refractivity contribution in [2.24, 2.45) is 0 Å². The average Bonchev–Trinajstić information content (AvgIpc) is 3.17. The molecule has 0 unspecified atom stereocenters. The number of aliphatic hydroxyl groups excluding tert-OH is 1. The summed E-state index contributed by atoms with van der Waals surface area (Å²) >= 11 is 0. The maximum absolute atomic E-state index is 12.9. The molecule has 2 N–H and O–H groups in total. The smallest absolute Gasteiger partial charge is 0.410 e. The van der Waals surface area contributed by atoms with Crippen molar-refractivity contribution in [3.63, 3.8) is 0 Å². The molecule has 1 heterocycles. The number of nitrogens with zero attached hydrogens (tertiary/aromatic N) is 1. The molecular weight excluding hydrogens is 411 g/mol. The van der Waals surface area contributed by atoms with E-state index in [-0.39, 0.29) is 12.1 Å². The lowest BCUT2D eigenvalue weighted by Crippen LogP contribution is -2.45. The highest BCUT2D eigenvalue weighted by atomic mass is 31.2. The van der Waals surface area contributed by atoms with E-state index < -0.39 is 31.4 Å². The van der Waals surface area contributed by atoms with Crippen LogP contribution < -0.4 is 5.32 Å². The molecule has 1 aromatic rings. The van der Waals surface area contributed by atoms with Crippen molar-refractivity contribution in [3.8, 4) is 0 Å². The molecule has 0 aliphatic carbocycles. The Morgan fingerprint density at radius 1 is 1.27 bits per heavy atom. The number of aliphatic hydroxyl groups is 1. The quantitative estimate of drug-likeness (QED) is 0.621. The summed E-state index contributed by atoms with van der Waals surface area (Å²) < 4.78 is 27.5. The number of hydrogen-bond donors (Lipinski definition) is 2. The van der Waals surface area contributed by atoms with E-state index in [9.17, 15) is 19.3 Å². The monoisotopic (exact) mass is 442 g/mol. The number of ether oxygens (including phenoxy) is 1. The molecule has 0 radical (unpaired) electrons. The third-order valence-electron chi connectivity index (χ3n) is 4.71. The van der Waals surface area contributed by atoms with Crippen LogP contribution in [0.25, 0.3) is 0 Å². The van der Waals surface area contributed by atoms with Gasteiger partial charge in [0.2, 0.25) is 5.91 Å². The first-order valence-corrected chi connectivity index (χ1v) is 11.5. The number of para-hydroxylation sites is 1. The van der Waals surface area contributed by atoms with Crippen LogP contribution in [0.2, 0.25) is 0 Å². The topological polar surface area (TPSA) is 114 Å². The number of benzene rings is 1. The Hall–Kier alpha value is -1.93. The molecule has 1 aromatic carbocycles. The summed E-state index contributed by atoms with van der Waals surface area (Å²) in [4.78, 5) is 26.8. The fourth-order valence-corrected chi connectivity index (χ4v) is 4.30. The minimum atomic E-state index is -3.45. The van der Waals surface area contributed by atoms with E-state index in [4.69, 9.17) is 13.8 Å². The summed E-state index contributed by atoms with van der Waals surface area (Å²) in [6.45, 7) is 5.74. The lowest BCUT2D eigenvalue weighted by Gasteiger charge is -2.28. The number of carbonyl (C=O) groups excluding carboxylic acids is 2. The Morgan fingerprint density at radius 2 is 1.90 bits per heavy atom. The first-order chi connectivity index (χ1) is 14.0. The molecule has 0 spiro atoms. The van der Waals surface area contributed by atoms with Gasteiger partial charge < -0.3 is 24.2 Å². The van der Waals surface area contributed by atoms with Crippen molar-refractivity contribution in [1.82, 2.24) is 4.90 Å². The fraction of sp³-hybridized carbons (Fsp3) is 0.600. The Morgan fingerprint density at radius 3 is 2.50 bits per heavy atom. The van der Waals surface area contributed by atoms with Crippen molar-refractivity contribution in [2.45, 2.75) is 51.4 Å². The van der Waals surface area contributed by atoms with E-state index in [0.717, 1.165) is 0 Å². The van der Waals surface area contributed by atoms with Gasteiger partial charge in [-0.25, -0.2) is 4.79 Å². The van der Waals surface area contributed by atoms with Gasteiger partial charge in [-0.2, -0.15) is 0 Å². The highest BCUT2D eigenvalue weighted by molar-refractivity contribution is 7.53. The normalized spacial score (nSPS) is 18.2. The molecule has 2 amide bonds. The number of carbonyl (C=O) groups is 2. The second kappa shape index (κ2) is 9.92. The van der Waals surface area contributed by atoms with Gasteiger partial charge in [-0.3, -0.25) is 14.3 Å². The number of anilines is 1. The van der Waals surface area contributed by atoms with Crippen LogP contribution in [-0.4, -0.2) is 60.6 Å². The summed E-state index contributed by atoms with van der Waals surface area (Å²) in [6.07, 6.45) is -0.780. The summed E-state index contributed by atoms with van der Waals surface area (Å²) in [5.74, 6) is -0.375. The zero-order valence-electron chi connectivity index (χ0n) is 18.1. The van der Waals surface area contributed by atoms with E-state index in [2.05, 4.69) is 5.32 Å². The highest BCUT2D eigenvalue weighted by Crippen LogP contribution is 2.49. The van der Waals surface area contributed by atoms with E-state index in [1.807, 2.05) is 0 Å². The van der Waals surface area contributed by atoms with Gasteiger partial charge in [-0.1, -0.05) is 18.2 Å². The van der Waals surface area contributed by atoms with E-state index in [1.165, 1.54) is 19.1 Å². The SMILES string of the molecule is COP(=O)(C[C@@H](O)c1ccccc1NC(=O)[C@@H]1CCCN1C(=O)OC(C)(C)C)OC. The predicted octanol–water partition coefficient (Wildman–Crippen LogP) is 3.54. The second-order valence-electron chi connectivity index (χ2n) is 8.08. The van der Waals surface area contributed by atoms with Gasteiger partial charge >= 0.3 is 13.7 Å². The van der Waals surface area contributed by atoms with Crippen molar-refractivity contribution in [2.75, 3.05) is 32.2 Å². The molecule has 0 bridgehead atoms. The molecule has 1 fully saturated rings. The lowest BCUT2D eigenvalue weighted by atomic mass is 10.1. The highest BCUT2D eigenvalue weighted by Gasteiger charge is 2.37. The van der Waals surface area contributed by atoms with Crippen LogP contribution in [0.15, 0.2) is 24.3 Å². The van der Waals surface area contributed by atoms with Crippen molar-refractivity contribution in [3.05, 3.63) is 29.8 Å². The minimum absolute atomic E-state index is 0.264. The van der Waals surface area contributed by atoms with Crippen molar-refractivity contribution >= 4 is 25.3 Å². The molecule has 0 saturated carbocycles. The van der Waals surface area contributed by atoms with Crippen LogP contribution in [0.3, 0.4) is 0 Å². The minimum Gasteiger partial charge on any atom is -0.444 e. The van der Waals surface area contributed by atoms with Gasteiger partial charge in [0.05, 0.1) is 12.3 Å². The average molecular weight is 442 g/mol. The zero-order valence-corrected chi connectivity index (χ0v) is 19.0. The second-order valence-corrected chi connectivity index (χ2v) is 10.4. The van der Waals surface area contributed by atoms with Crippen molar-refractivity contribution in [1.29, 1.82) is 0 Å². The van der Waals surface area contributed by atoms with Gasteiger partial charge in [0.15, 0.2) is 0 Å². The summed E-state index contributed by atoms with van der Waals surface area (Å²) in [6, 6.07) is 5.98. The number of nitrogens with one attached hydrogen (secondary N) is 1. The largest absolute Gasteiger partial charge is 0.444 e. The fourth-order valence-electron chi connectivity index (χ4n) is 3.23. The molecule has 2 atom stereocenters. The Bertz CT molecular complexity index is 801. The number of amides is 2. The maximum Gasteiger partial charge on any atom is 0.410 e. The number of likely N-dealkylation sites (tertiary alicyclic amines) is 1. The molecule has 1 aliphatic heterocycles. The van der Waals surface area contributed by atoms with Crippen LogP contribution in [0.5, 0.6) is 0 Å². The summed E-state index contributed by atoms with van der Waals surface area (Å²) in [5.41, 5.74) is 0.0837. The van der Waals surface area contributed by atoms with Gasteiger partial charge in [0.1, 0.15) is 11.6 Å². The third kappa shape index (κ3) is 6.28. The molecule has 1 saturated heterocycles. The van der Waals surface area contributed by atoms with Gasteiger partial charge in [0.25, 0.3) is 0 Å². The number of hydrogen-bond acceptors (Lipinski definition) is 7. The lowest BCUT2D eigenvalue weighted by molar-refractivity contribution is -0.120. The number of rotatable bonds is 7. The van der Waals surface area contributed by atoms with Gasteiger partial charge in [-0.05, 0) is 39.7 Å². The van der Waals surface area contributed by atoms with Crippen LogP contribution in [0, 0.1) is 0 Å². The predicted molar refractivity (Wildman–Crippen MR) is 112 cm³/mol. The molecule has 2 rings (SSSR count). The van der Waals surface area contributed by atoms with E-state index in [0.29, 0.717) is 30.6 Å². The molecule has 10 heteroatoms. The first-order valence-electron chi connectivity index (χ1n) is 9.77. The zero-order chi connectivity index (χ0) is 22.5. The Labute approximate surface area is 177 Å². The van der Waals surface area contributed by atoms with Crippen LogP contribution in [-0.2, 0) is 23.1 Å². The van der Waals surface area contributed by atoms with Crippen molar-refractivity contribution < 1.29 is 33.0 Å². The third-order valence-corrected chi connectivity index (χ3v) is 6.62. The molecule has 30 heavy (non-hydrogen) atoms. The Balaban J connectivity index is 2.15.